The minimum Gasteiger partial charge on any atom is -0.349 e. The van der Waals surface area contributed by atoms with Crippen molar-refractivity contribution in [1.82, 2.24) is 5.48 Å². The fourth-order valence-electron chi connectivity index (χ4n) is 5.63. The molecule has 2 heterocycles. The first-order valence-electron chi connectivity index (χ1n) is 10.9. The molecule has 3 fully saturated rings. The van der Waals surface area contributed by atoms with Crippen LogP contribution in [0.2, 0.25) is 0 Å². The standard InChI is InChI=1S/C23H33NO5/c1-13-4-10-19-15(3)22(29-23-20(19)18(13)11-5-14(2)28-23)27-12-16-6-8-17(9-7-16)21(25)24-26/h6-9,13-15,18-20,22-23,26H,4-5,10-12H2,1-3H3,(H,24,25)/t13-,14?,15-,18+,19+,20?,22+,23+/m1/s1. The number of ether oxygens (including phenoxy) is 3. The van der Waals surface area contributed by atoms with Crippen LogP contribution in [0.1, 0.15) is 62.4 Å². The van der Waals surface area contributed by atoms with E-state index in [2.05, 4.69) is 20.8 Å². The van der Waals surface area contributed by atoms with Crippen molar-refractivity contribution >= 4 is 5.91 Å². The van der Waals surface area contributed by atoms with Crippen LogP contribution in [0, 0.1) is 29.6 Å². The molecule has 2 aliphatic heterocycles. The van der Waals surface area contributed by atoms with Crippen molar-refractivity contribution in [2.45, 2.75) is 71.7 Å². The molecule has 1 aliphatic carbocycles. The van der Waals surface area contributed by atoms with Gasteiger partial charge >= 0.3 is 0 Å². The van der Waals surface area contributed by atoms with Gasteiger partial charge in [-0.2, -0.15) is 0 Å². The minimum absolute atomic E-state index is 0.179. The van der Waals surface area contributed by atoms with Crippen LogP contribution in [0.4, 0.5) is 0 Å². The third-order valence-corrected chi connectivity index (χ3v) is 7.37. The summed E-state index contributed by atoms with van der Waals surface area (Å²) in [5.41, 5.74) is 3.01. The lowest BCUT2D eigenvalue weighted by atomic mass is 9.61. The Balaban J connectivity index is 1.44. The van der Waals surface area contributed by atoms with E-state index < -0.39 is 5.91 Å². The maximum absolute atomic E-state index is 11.5. The molecule has 0 bridgehead atoms. The van der Waals surface area contributed by atoms with E-state index in [1.165, 1.54) is 19.3 Å². The van der Waals surface area contributed by atoms with Gasteiger partial charge in [0.25, 0.3) is 5.91 Å². The SMILES string of the molecule is CC1CC[C@@H]2C3[C@@H](O1)O[C@H](OCc1ccc(C(=O)NO)cc1)[C@H](C)[C@@H]3CC[C@H]2C. The van der Waals surface area contributed by atoms with Crippen LogP contribution in [0.5, 0.6) is 0 Å². The van der Waals surface area contributed by atoms with Crippen molar-refractivity contribution in [2.75, 3.05) is 0 Å². The summed E-state index contributed by atoms with van der Waals surface area (Å²) < 4.78 is 18.9. The van der Waals surface area contributed by atoms with Crippen molar-refractivity contribution in [3.8, 4) is 0 Å². The molecule has 2 saturated heterocycles. The van der Waals surface area contributed by atoms with E-state index in [0.29, 0.717) is 35.8 Å². The molecule has 2 N–H and O–H groups in total. The fourth-order valence-corrected chi connectivity index (χ4v) is 5.63. The second kappa shape index (κ2) is 8.72. The van der Waals surface area contributed by atoms with Gasteiger partial charge in [0.15, 0.2) is 12.6 Å². The highest BCUT2D eigenvalue weighted by Gasteiger charge is 2.52. The lowest BCUT2D eigenvalue weighted by Gasteiger charge is -2.51. The Labute approximate surface area is 172 Å². The summed E-state index contributed by atoms with van der Waals surface area (Å²) in [6, 6.07) is 7.02. The molecule has 0 spiro atoms. The normalized spacial score (nSPS) is 39.3. The largest absolute Gasteiger partial charge is 0.349 e. The highest BCUT2D eigenvalue weighted by atomic mass is 16.8. The maximum Gasteiger partial charge on any atom is 0.274 e. The van der Waals surface area contributed by atoms with Gasteiger partial charge in [-0.05, 0) is 61.6 Å². The van der Waals surface area contributed by atoms with Crippen LogP contribution in [0.25, 0.3) is 0 Å². The number of hydrogen-bond donors (Lipinski definition) is 2. The number of carbonyl (C=O) groups is 1. The highest BCUT2D eigenvalue weighted by molar-refractivity contribution is 5.93. The molecule has 2 unspecified atom stereocenters. The molecule has 29 heavy (non-hydrogen) atoms. The molecule has 1 saturated carbocycles. The zero-order chi connectivity index (χ0) is 20.5. The van der Waals surface area contributed by atoms with E-state index >= 15 is 0 Å². The Hall–Kier alpha value is -1.47. The molecule has 6 heteroatoms. The summed E-state index contributed by atoms with van der Waals surface area (Å²) in [4.78, 5) is 11.5. The number of benzene rings is 1. The Morgan fingerprint density at radius 1 is 1.07 bits per heavy atom. The van der Waals surface area contributed by atoms with Gasteiger partial charge in [-0.15, -0.1) is 0 Å². The summed E-state index contributed by atoms with van der Waals surface area (Å²) in [6.07, 6.45) is 4.58. The van der Waals surface area contributed by atoms with Crippen LogP contribution < -0.4 is 5.48 Å². The third kappa shape index (κ3) is 4.22. The van der Waals surface area contributed by atoms with Crippen molar-refractivity contribution in [3.05, 3.63) is 35.4 Å². The summed E-state index contributed by atoms with van der Waals surface area (Å²) in [6.45, 7) is 7.21. The lowest BCUT2D eigenvalue weighted by molar-refractivity contribution is -0.336. The Bertz CT molecular complexity index is 708. The summed E-state index contributed by atoms with van der Waals surface area (Å²) >= 11 is 0. The van der Waals surface area contributed by atoms with Crippen molar-refractivity contribution in [1.29, 1.82) is 0 Å². The molecule has 160 valence electrons. The van der Waals surface area contributed by atoms with Crippen LogP contribution in [-0.2, 0) is 20.8 Å². The van der Waals surface area contributed by atoms with Gasteiger partial charge in [0.05, 0.1) is 12.7 Å². The van der Waals surface area contributed by atoms with Crippen molar-refractivity contribution in [3.63, 3.8) is 0 Å². The number of carbonyl (C=O) groups excluding carboxylic acids is 1. The van der Waals surface area contributed by atoms with E-state index in [9.17, 15) is 4.79 Å². The maximum atomic E-state index is 11.5. The van der Waals surface area contributed by atoms with E-state index in [4.69, 9.17) is 19.4 Å². The van der Waals surface area contributed by atoms with Crippen LogP contribution in [0.3, 0.4) is 0 Å². The summed E-state index contributed by atoms with van der Waals surface area (Å²) in [5.74, 6) is 2.25. The first kappa shape index (κ1) is 20.8. The first-order chi connectivity index (χ1) is 14.0. The minimum atomic E-state index is -0.520. The van der Waals surface area contributed by atoms with E-state index in [0.717, 1.165) is 17.9 Å². The zero-order valence-corrected chi connectivity index (χ0v) is 17.5. The summed E-state index contributed by atoms with van der Waals surface area (Å²) in [7, 11) is 0. The molecular weight excluding hydrogens is 370 g/mol. The average molecular weight is 404 g/mol. The van der Waals surface area contributed by atoms with Crippen molar-refractivity contribution < 1.29 is 24.2 Å². The second-order valence-corrected chi connectivity index (χ2v) is 9.16. The molecule has 6 nitrogen and oxygen atoms in total. The van der Waals surface area contributed by atoms with Gasteiger partial charge in [-0.1, -0.05) is 32.4 Å². The molecule has 3 aliphatic rings. The van der Waals surface area contributed by atoms with E-state index in [1.54, 1.807) is 17.6 Å². The molecule has 0 aromatic heterocycles. The number of nitrogens with one attached hydrogen (secondary N) is 1. The van der Waals surface area contributed by atoms with Gasteiger partial charge in [0.1, 0.15) is 0 Å². The van der Waals surface area contributed by atoms with Gasteiger partial charge in [0.2, 0.25) is 0 Å². The fraction of sp³-hybridized carbons (Fsp3) is 0.696. The first-order valence-corrected chi connectivity index (χ1v) is 10.9. The molecule has 1 aromatic carbocycles. The van der Waals surface area contributed by atoms with Crippen LogP contribution >= 0.6 is 0 Å². The number of amides is 1. The number of hydrogen-bond acceptors (Lipinski definition) is 5. The Kier molecular flexibility index (Phi) is 6.25. The molecule has 0 radical (unpaired) electrons. The number of hydroxylamine groups is 1. The second-order valence-electron chi connectivity index (χ2n) is 9.16. The number of rotatable bonds is 4. The molecule has 1 aromatic rings. The predicted molar refractivity (Wildman–Crippen MR) is 107 cm³/mol. The lowest BCUT2D eigenvalue weighted by Crippen LogP contribution is -2.53. The van der Waals surface area contributed by atoms with E-state index in [-0.39, 0.29) is 18.7 Å². The predicted octanol–water partition coefficient (Wildman–Crippen LogP) is 4.12. The topological polar surface area (TPSA) is 77.0 Å². The highest BCUT2D eigenvalue weighted by Crippen LogP contribution is 2.52. The van der Waals surface area contributed by atoms with Crippen LogP contribution in [0.15, 0.2) is 24.3 Å². The zero-order valence-electron chi connectivity index (χ0n) is 17.5. The van der Waals surface area contributed by atoms with Gasteiger partial charge in [-0.3, -0.25) is 10.0 Å². The molecular formula is C23H33NO5. The summed E-state index contributed by atoms with van der Waals surface area (Å²) in [5, 5.41) is 8.73. The molecule has 8 atom stereocenters. The third-order valence-electron chi connectivity index (χ3n) is 7.37. The van der Waals surface area contributed by atoms with Crippen molar-refractivity contribution in [2.24, 2.45) is 29.6 Å². The van der Waals surface area contributed by atoms with Crippen LogP contribution in [-0.4, -0.2) is 29.8 Å². The van der Waals surface area contributed by atoms with E-state index in [1.807, 2.05) is 12.1 Å². The average Bonchev–Trinajstić information content (AvgIpc) is 2.90. The Morgan fingerprint density at radius 2 is 1.79 bits per heavy atom. The quantitative estimate of drug-likeness (QED) is 0.584. The van der Waals surface area contributed by atoms with Gasteiger partial charge in [0, 0.05) is 17.4 Å². The molecule has 1 amide bonds. The Morgan fingerprint density at radius 3 is 2.52 bits per heavy atom. The monoisotopic (exact) mass is 403 g/mol. The van der Waals surface area contributed by atoms with Gasteiger partial charge < -0.3 is 14.2 Å². The molecule has 4 rings (SSSR count). The van der Waals surface area contributed by atoms with Gasteiger partial charge in [-0.25, -0.2) is 5.48 Å². The smallest absolute Gasteiger partial charge is 0.274 e.